The average molecular weight is 285 g/mol. The van der Waals surface area contributed by atoms with Crippen LogP contribution in [-0.4, -0.2) is 12.1 Å². The van der Waals surface area contributed by atoms with Gasteiger partial charge in [0, 0.05) is 11.1 Å². The van der Waals surface area contributed by atoms with Gasteiger partial charge in [0.05, 0.1) is 13.3 Å². The molecule has 3 heteroatoms. The zero-order chi connectivity index (χ0) is 15.1. The molecule has 3 nitrogen and oxygen atoms in total. The number of aromatic nitrogens is 1. The van der Waals surface area contributed by atoms with Crippen molar-refractivity contribution in [1.29, 1.82) is 0 Å². The summed E-state index contributed by atoms with van der Waals surface area (Å²) in [7, 11) is 1.66. The number of unbranched alkanes of at least 4 members (excludes halogenated alkanes) is 1. The van der Waals surface area contributed by atoms with Crippen molar-refractivity contribution in [1.82, 2.24) is 4.98 Å². The van der Waals surface area contributed by atoms with Crippen molar-refractivity contribution < 1.29 is 9.15 Å². The summed E-state index contributed by atoms with van der Waals surface area (Å²) >= 11 is 0. The Morgan fingerprint density at radius 2 is 1.95 bits per heavy atom. The molecule has 0 N–H and O–H groups in total. The van der Waals surface area contributed by atoms with Gasteiger partial charge in [0.25, 0.3) is 0 Å². The second-order valence-corrected chi connectivity index (χ2v) is 5.03. The Morgan fingerprint density at radius 1 is 1.19 bits per heavy atom. The predicted octanol–water partition coefficient (Wildman–Crippen LogP) is 5.33. The van der Waals surface area contributed by atoms with Crippen molar-refractivity contribution in [2.75, 3.05) is 7.11 Å². The predicted molar refractivity (Wildman–Crippen MR) is 86.3 cm³/mol. The van der Waals surface area contributed by atoms with Crippen molar-refractivity contribution in [3.63, 3.8) is 0 Å². The monoisotopic (exact) mass is 285 g/mol. The van der Waals surface area contributed by atoms with Crippen LogP contribution in [-0.2, 0) is 0 Å². The maximum absolute atomic E-state index is 5.93. The quantitative estimate of drug-likeness (QED) is 0.689. The molecule has 0 fully saturated rings. The van der Waals surface area contributed by atoms with Gasteiger partial charge in [-0.05, 0) is 37.1 Å². The normalized spacial score (nSPS) is 11.7. The Hall–Kier alpha value is -2.03. The van der Waals surface area contributed by atoms with Gasteiger partial charge in [-0.1, -0.05) is 32.8 Å². The Balaban J connectivity index is 2.22. The smallest absolute Gasteiger partial charge is 0.222 e. The van der Waals surface area contributed by atoms with E-state index in [1.807, 2.05) is 24.3 Å². The average Bonchev–Trinajstić information content (AvgIpc) is 3.01. The van der Waals surface area contributed by atoms with Crippen LogP contribution in [0, 0.1) is 0 Å². The molecule has 0 radical (unpaired) electrons. The fourth-order valence-corrected chi connectivity index (χ4v) is 2.20. The zero-order valence-electron chi connectivity index (χ0n) is 13.1. The van der Waals surface area contributed by atoms with E-state index in [9.17, 15) is 0 Å². The number of allylic oxidation sites excluding steroid dienone is 2. The lowest BCUT2D eigenvalue weighted by Gasteiger charge is -2.02. The van der Waals surface area contributed by atoms with Gasteiger partial charge in [-0.3, -0.25) is 0 Å². The number of oxazole rings is 1. The molecule has 0 saturated heterocycles. The van der Waals surface area contributed by atoms with Crippen molar-refractivity contribution in [2.45, 2.75) is 39.5 Å². The van der Waals surface area contributed by atoms with Gasteiger partial charge in [-0.25, -0.2) is 4.98 Å². The number of nitrogens with zero attached hydrogens (tertiary/aromatic N) is 1. The molecular weight excluding hydrogens is 262 g/mol. The second-order valence-electron chi connectivity index (χ2n) is 5.03. The Labute approximate surface area is 126 Å². The molecule has 0 saturated carbocycles. The number of benzene rings is 1. The van der Waals surface area contributed by atoms with Crippen LogP contribution in [0.4, 0.5) is 0 Å². The molecule has 0 aliphatic heterocycles. The summed E-state index contributed by atoms with van der Waals surface area (Å²) in [5.74, 6) is 2.38. The molecule has 0 atom stereocenters. The number of hydrogen-bond donors (Lipinski definition) is 0. The minimum atomic E-state index is 0.746. The van der Waals surface area contributed by atoms with Crippen LogP contribution in [0.1, 0.15) is 45.4 Å². The third-order valence-corrected chi connectivity index (χ3v) is 3.35. The Kier molecular flexibility index (Phi) is 5.61. The zero-order valence-corrected chi connectivity index (χ0v) is 13.1. The molecule has 0 spiro atoms. The standard InChI is InChI=1S/C18H23NO2/c1-4-6-8-15(7-5-2)18-19-13-17(21-18)14-9-11-16(20-3)12-10-14/h8-13H,4-7H2,1-3H3/b15-8+. The van der Waals surface area contributed by atoms with Crippen LogP contribution in [0.3, 0.4) is 0 Å². The minimum absolute atomic E-state index is 0.746. The lowest BCUT2D eigenvalue weighted by molar-refractivity contribution is 0.415. The molecule has 0 aliphatic rings. The molecule has 0 amide bonds. The molecule has 2 aromatic rings. The molecule has 1 heterocycles. The molecular formula is C18H23NO2. The fraction of sp³-hybridized carbons (Fsp3) is 0.389. The highest BCUT2D eigenvalue weighted by molar-refractivity contribution is 5.63. The van der Waals surface area contributed by atoms with E-state index in [4.69, 9.17) is 9.15 Å². The van der Waals surface area contributed by atoms with Crippen LogP contribution in [0.25, 0.3) is 16.9 Å². The third kappa shape index (κ3) is 3.97. The van der Waals surface area contributed by atoms with Crippen LogP contribution < -0.4 is 4.74 Å². The van der Waals surface area contributed by atoms with Gasteiger partial charge >= 0.3 is 0 Å². The van der Waals surface area contributed by atoms with E-state index in [0.717, 1.165) is 48.6 Å². The maximum atomic E-state index is 5.93. The van der Waals surface area contributed by atoms with Gasteiger partial charge in [0.15, 0.2) is 5.76 Å². The first-order chi connectivity index (χ1) is 10.3. The van der Waals surface area contributed by atoms with E-state index in [0.29, 0.717) is 0 Å². The van der Waals surface area contributed by atoms with E-state index in [-0.39, 0.29) is 0 Å². The first kappa shape index (κ1) is 15.4. The van der Waals surface area contributed by atoms with E-state index in [1.165, 1.54) is 5.57 Å². The summed E-state index contributed by atoms with van der Waals surface area (Å²) in [6, 6.07) is 7.82. The first-order valence-corrected chi connectivity index (χ1v) is 7.58. The van der Waals surface area contributed by atoms with Gasteiger partial charge < -0.3 is 9.15 Å². The molecule has 2 rings (SSSR count). The van der Waals surface area contributed by atoms with Crippen molar-refractivity contribution in [2.24, 2.45) is 0 Å². The first-order valence-electron chi connectivity index (χ1n) is 7.58. The molecule has 1 aromatic carbocycles. The van der Waals surface area contributed by atoms with Gasteiger partial charge in [-0.2, -0.15) is 0 Å². The molecule has 0 bridgehead atoms. The molecule has 1 aromatic heterocycles. The van der Waals surface area contributed by atoms with Crippen LogP contribution in [0.2, 0.25) is 0 Å². The molecule has 21 heavy (non-hydrogen) atoms. The molecule has 112 valence electrons. The summed E-state index contributed by atoms with van der Waals surface area (Å²) in [6.07, 6.45) is 8.34. The lowest BCUT2D eigenvalue weighted by atomic mass is 10.1. The molecule has 0 aliphatic carbocycles. The van der Waals surface area contributed by atoms with E-state index < -0.39 is 0 Å². The topological polar surface area (TPSA) is 35.3 Å². The van der Waals surface area contributed by atoms with E-state index in [2.05, 4.69) is 24.9 Å². The van der Waals surface area contributed by atoms with Crippen molar-refractivity contribution >= 4 is 5.57 Å². The van der Waals surface area contributed by atoms with Crippen LogP contribution >= 0.6 is 0 Å². The number of hydrogen-bond acceptors (Lipinski definition) is 3. The Morgan fingerprint density at radius 3 is 2.57 bits per heavy atom. The highest BCUT2D eigenvalue weighted by Gasteiger charge is 2.10. The SMILES string of the molecule is CCC/C=C(\CCC)c1ncc(-c2ccc(OC)cc2)o1. The summed E-state index contributed by atoms with van der Waals surface area (Å²) in [5.41, 5.74) is 2.22. The summed E-state index contributed by atoms with van der Waals surface area (Å²) < 4.78 is 11.1. The van der Waals surface area contributed by atoms with Gasteiger partial charge in [0.2, 0.25) is 5.89 Å². The largest absolute Gasteiger partial charge is 0.497 e. The number of methoxy groups -OCH3 is 1. The van der Waals surface area contributed by atoms with Crippen molar-refractivity contribution in [3.8, 4) is 17.1 Å². The number of ether oxygens (including phenoxy) is 1. The second kappa shape index (κ2) is 7.67. The van der Waals surface area contributed by atoms with E-state index in [1.54, 1.807) is 13.3 Å². The Bertz CT molecular complexity index is 582. The highest BCUT2D eigenvalue weighted by Crippen LogP contribution is 2.27. The maximum Gasteiger partial charge on any atom is 0.222 e. The van der Waals surface area contributed by atoms with Gasteiger partial charge in [0.1, 0.15) is 5.75 Å². The van der Waals surface area contributed by atoms with Gasteiger partial charge in [-0.15, -0.1) is 0 Å². The summed E-state index contributed by atoms with van der Waals surface area (Å²) in [5, 5.41) is 0. The molecule has 0 unspecified atom stereocenters. The van der Waals surface area contributed by atoms with Crippen molar-refractivity contribution in [3.05, 3.63) is 42.4 Å². The lowest BCUT2D eigenvalue weighted by Crippen LogP contribution is -1.84. The van der Waals surface area contributed by atoms with Crippen LogP contribution in [0.5, 0.6) is 5.75 Å². The minimum Gasteiger partial charge on any atom is -0.497 e. The third-order valence-electron chi connectivity index (χ3n) is 3.35. The van der Waals surface area contributed by atoms with E-state index >= 15 is 0 Å². The fourth-order valence-electron chi connectivity index (χ4n) is 2.20. The summed E-state index contributed by atoms with van der Waals surface area (Å²) in [6.45, 7) is 4.35. The number of rotatable bonds is 7. The summed E-state index contributed by atoms with van der Waals surface area (Å²) in [4.78, 5) is 4.44. The van der Waals surface area contributed by atoms with Crippen LogP contribution in [0.15, 0.2) is 41.0 Å². The highest BCUT2D eigenvalue weighted by atomic mass is 16.5.